The number of rotatable bonds is 9. The number of ether oxygens (including phenoxy) is 4. The summed E-state index contributed by atoms with van der Waals surface area (Å²) >= 11 is 1.19. The average molecular weight is 617 g/mol. The molecule has 1 atom stereocenters. The molecule has 0 radical (unpaired) electrons. The van der Waals surface area contributed by atoms with E-state index in [9.17, 15) is 14.4 Å². The Morgan fingerprint density at radius 3 is 2.45 bits per heavy atom. The number of thiazole rings is 1. The van der Waals surface area contributed by atoms with Crippen molar-refractivity contribution in [1.29, 1.82) is 0 Å². The van der Waals surface area contributed by atoms with Gasteiger partial charge in [-0.1, -0.05) is 29.5 Å². The topological polar surface area (TPSA) is 119 Å². The minimum Gasteiger partial charge on any atom is -0.493 e. The van der Waals surface area contributed by atoms with Gasteiger partial charge in [-0.2, -0.15) is 0 Å². The van der Waals surface area contributed by atoms with Gasteiger partial charge in [0.15, 0.2) is 16.3 Å². The van der Waals surface area contributed by atoms with Crippen molar-refractivity contribution in [2.75, 3.05) is 20.8 Å². The zero-order valence-corrected chi connectivity index (χ0v) is 26.0. The second-order valence-electron chi connectivity index (χ2n) is 10.2. The highest BCUT2D eigenvalue weighted by Crippen LogP contribution is 2.36. The quantitative estimate of drug-likeness (QED) is 0.250. The van der Waals surface area contributed by atoms with Gasteiger partial charge in [-0.05, 0) is 69.7 Å². The van der Waals surface area contributed by atoms with E-state index in [4.69, 9.17) is 23.4 Å². The molecule has 0 saturated heterocycles. The normalized spacial score (nSPS) is 14.7. The molecular weight excluding hydrogens is 584 g/mol. The highest BCUT2D eigenvalue weighted by Gasteiger charge is 2.34. The van der Waals surface area contributed by atoms with Crippen LogP contribution in [0.1, 0.15) is 55.4 Å². The zero-order chi connectivity index (χ0) is 31.5. The minimum atomic E-state index is -0.810. The number of carbonyl (C=O) groups excluding carboxylic acids is 2. The van der Waals surface area contributed by atoms with E-state index in [2.05, 4.69) is 4.99 Å². The summed E-state index contributed by atoms with van der Waals surface area (Å²) in [5.74, 6) is 1.06. The largest absolute Gasteiger partial charge is 0.493 e. The molecule has 228 valence electrons. The van der Waals surface area contributed by atoms with E-state index in [0.717, 1.165) is 5.56 Å². The lowest BCUT2D eigenvalue weighted by atomic mass is 9.95. The van der Waals surface area contributed by atoms with Crippen LogP contribution >= 0.6 is 11.3 Å². The highest BCUT2D eigenvalue weighted by atomic mass is 32.1. The Balaban J connectivity index is 1.59. The van der Waals surface area contributed by atoms with Crippen LogP contribution in [0.2, 0.25) is 0 Å². The first-order chi connectivity index (χ1) is 21.1. The minimum absolute atomic E-state index is 0.0778. The molecule has 11 heteroatoms. The van der Waals surface area contributed by atoms with Gasteiger partial charge in [0, 0.05) is 11.6 Å². The summed E-state index contributed by atoms with van der Waals surface area (Å²) in [7, 11) is 2.87. The Morgan fingerprint density at radius 2 is 1.80 bits per heavy atom. The van der Waals surface area contributed by atoms with Crippen molar-refractivity contribution < 1.29 is 33.0 Å². The van der Waals surface area contributed by atoms with Crippen molar-refractivity contribution in [3.8, 4) is 22.8 Å². The number of esters is 2. The average Bonchev–Trinajstić information content (AvgIpc) is 3.60. The fraction of sp³-hybridized carbons (Fsp3) is 0.273. The molecule has 0 spiro atoms. The number of allylic oxidation sites excluding steroid dienone is 1. The zero-order valence-electron chi connectivity index (χ0n) is 25.2. The number of aromatic nitrogens is 1. The van der Waals surface area contributed by atoms with Crippen LogP contribution < -0.4 is 24.4 Å². The molecule has 44 heavy (non-hydrogen) atoms. The number of carbonyl (C=O) groups is 2. The lowest BCUT2D eigenvalue weighted by Gasteiger charge is -2.25. The monoisotopic (exact) mass is 616 g/mol. The van der Waals surface area contributed by atoms with Crippen LogP contribution in [0.15, 0.2) is 80.1 Å². The third-order valence-corrected chi connectivity index (χ3v) is 7.86. The van der Waals surface area contributed by atoms with E-state index in [0.29, 0.717) is 49.2 Å². The summed E-state index contributed by atoms with van der Waals surface area (Å²) < 4.78 is 29.5. The van der Waals surface area contributed by atoms with Crippen LogP contribution in [0, 0.1) is 0 Å². The fourth-order valence-electron chi connectivity index (χ4n) is 4.92. The van der Waals surface area contributed by atoms with Gasteiger partial charge >= 0.3 is 11.9 Å². The number of hydrogen-bond acceptors (Lipinski definition) is 10. The Bertz CT molecular complexity index is 1930. The summed E-state index contributed by atoms with van der Waals surface area (Å²) in [6.07, 6.45) is 1.57. The molecule has 0 bridgehead atoms. The second kappa shape index (κ2) is 12.8. The molecule has 10 nitrogen and oxygen atoms in total. The molecule has 0 saturated carbocycles. The van der Waals surface area contributed by atoms with Crippen molar-refractivity contribution in [3.63, 3.8) is 0 Å². The molecule has 1 aliphatic rings. The smallest absolute Gasteiger partial charge is 0.338 e. The summed E-state index contributed by atoms with van der Waals surface area (Å²) in [6, 6.07) is 14.9. The molecule has 0 aliphatic carbocycles. The van der Waals surface area contributed by atoms with E-state index in [1.54, 1.807) is 68.5 Å². The number of methoxy groups -OCH3 is 2. The number of nitrogens with zero attached hydrogens (tertiary/aromatic N) is 2. The molecule has 2 aromatic heterocycles. The third-order valence-electron chi connectivity index (χ3n) is 6.87. The Morgan fingerprint density at radius 1 is 1.05 bits per heavy atom. The van der Waals surface area contributed by atoms with Crippen LogP contribution in [0.3, 0.4) is 0 Å². The van der Waals surface area contributed by atoms with Gasteiger partial charge in [-0.15, -0.1) is 0 Å². The van der Waals surface area contributed by atoms with Gasteiger partial charge < -0.3 is 23.4 Å². The molecule has 0 N–H and O–H groups in total. The van der Waals surface area contributed by atoms with Crippen LogP contribution in [-0.4, -0.2) is 43.4 Å². The van der Waals surface area contributed by atoms with Crippen molar-refractivity contribution in [2.45, 2.75) is 39.8 Å². The van der Waals surface area contributed by atoms with Crippen LogP contribution in [0.4, 0.5) is 0 Å². The van der Waals surface area contributed by atoms with Gasteiger partial charge in [-0.3, -0.25) is 9.36 Å². The molecule has 3 heterocycles. The summed E-state index contributed by atoms with van der Waals surface area (Å²) in [4.78, 5) is 44.0. The molecule has 2 aromatic carbocycles. The van der Waals surface area contributed by atoms with Crippen LogP contribution in [0.25, 0.3) is 17.4 Å². The molecule has 1 unspecified atom stereocenters. The summed E-state index contributed by atoms with van der Waals surface area (Å²) in [5, 5.41) is 0. The molecule has 0 amide bonds. The Kier molecular flexibility index (Phi) is 8.86. The van der Waals surface area contributed by atoms with E-state index in [1.165, 1.54) is 30.1 Å². The number of fused-ring (bicyclic) bond motifs is 1. The van der Waals surface area contributed by atoms with Gasteiger partial charge in [0.1, 0.15) is 11.5 Å². The van der Waals surface area contributed by atoms with Gasteiger partial charge in [0.05, 0.1) is 54.3 Å². The van der Waals surface area contributed by atoms with Crippen molar-refractivity contribution >= 4 is 29.4 Å². The lowest BCUT2D eigenvalue weighted by Crippen LogP contribution is -2.40. The van der Waals surface area contributed by atoms with Gasteiger partial charge in [0.25, 0.3) is 5.56 Å². The number of furan rings is 1. The standard InChI is InChI=1S/C33H32N2O8S/c1-7-41-32(38)28-19(4)34-33-35(29(28)22-12-14-25(42-18(2)3)26(16-22)39-5)30(36)27(44-33)17-23-13-15-24(43-23)20-8-10-21(11-9-20)31(37)40-6/h8-18,29H,7H2,1-6H3. The van der Waals surface area contributed by atoms with Crippen molar-refractivity contribution in [2.24, 2.45) is 4.99 Å². The van der Waals surface area contributed by atoms with E-state index >= 15 is 0 Å². The molecular formula is C33H32N2O8S. The maximum atomic E-state index is 14.0. The van der Waals surface area contributed by atoms with Gasteiger partial charge in [-0.25, -0.2) is 14.6 Å². The van der Waals surface area contributed by atoms with Gasteiger partial charge in [0.2, 0.25) is 0 Å². The van der Waals surface area contributed by atoms with E-state index in [1.807, 2.05) is 19.9 Å². The predicted molar refractivity (Wildman–Crippen MR) is 165 cm³/mol. The first kappa shape index (κ1) is 30.6. The molecule has 1 aliphatic heterocycles. The van der Waals surface area contributed by atoms with Crippen LogP contribution in [-0.2, 0) is 14.3 Å². The van der Waals surface area contributed by atoms with E-state index in [-0.39, 0.29) is 23.8 Å². The first-order valence-corrected chi connectivity index (χ1v) is 14.8. The Hall–Kier alpha value is -4.90. The molecule has 5 rings (SSSR count). The summed E-state index contributed by atoms with van der Waals surface area (Å²) in [5.41, 5.74) is 2.20. The second-order valence-corrected chi connectivity index (χ2v) is 11.2. The van der Waals surface area contributed by atoms with Crippen molar-refractivity contribution in [3.05, 3.63) is 102 Å². The Labute approximate surface area is 257 Å². The first-order valence-electron chi connectivity index (χ1n) is 14.0. The van der Waals surface area contributed by atoms with E-state index < -0.39 is 18.0 Å². The predicted octanol–water partition coefficient (Wildman–Crippen LogP) is 4.64. The maximum absolute atomic E-state index is 14.0. The third kappa shape index (κ3) is 5.96. The van der Waals surface area contributed by atoms with Crippen LogP contribution in [0.5, 0.6) is 11.5 Å². The van der Waals surface area contributed by atoms with Crippen molar-refractivity contribution in [1.82, 2.24) is 4.57 Å². The highest BCUT2D eigenvalue weighted by molar-refractivity contribution is 7.07. The molecule has 4 aromatic rings. The summed E-state index contributed by atoms with van der Waals surface area (Å²) in [6.45, 7) is 7.46. The lowest BCUT2D eigenvalue weighted by molar-refractivity contribution is -0.139. The number of hydrogen-bond donors (Lipinski definition) is 0. The number of benzene rings is 2. The molecule has 0 fully saturated rings. The SMILES string of the molecule is CCOC(=O)C1=C(C)N=c2sc(=Cc3ccc(-c4ccc(C(=O)OC)cc4)o3)c(=O)n2C1c1ccc(OC(C)C)c(OC)c1. The maximum Gasteiger partial charge on any atom is 0.338 e. The fourth-order valence-corrected chi connectivity index (χ4v) is 5.94.